The molecule has 0 bridgehead atoms. The molecule has 1 rings (SSSR count). The van der Waals surface area contributed by atoms with Crippen LogP contribution in [-0.4, -0.2) is 20.7 Å². The zero-order valence-corrected chi connectivity index (χ0v) is 7.18. The van der Waals surface area contributed by atoms with Gasteiger partial charge in [0.1, 0.15) is 0 Å². The van der Waals surface area contributed by atoms with Crippen molar-refractivity contribution < 1.29 is 4.39 Å². The van der Waals surface area contributed by atoms with E-state index in [1.54, 1.807) is 0 Å². The fraction of sp³-hybridized carbons (Fsp3) is 0.167. The summed E-state index contributed by atoms with van der Waals surface area (Å²) in [4.78, 5) is 3.39. The maximum atomic E-state index is 12.3. The molecule has 0 aliphatic rings. The molecular formula is C6H3B2BrFN. The summed E-state index contributed by atoms with van der Waals surface area (Å²) >= 11 is 3.00. The summed E-state index contributed by atoms with van der Waals surface area (Å²) in [6.07, 6.45) is 1.28. The van der Waals surface area contributed by atoms with Crippen molar-refractivity contribution in [2.75, 3.05) is 0 Å². The van der Waals surface area contributed by atoms with Crippen LogP contribution in [0.4, 0.5) is 4.39 Å². The highest BCUT2D eigenvalue weighted by atomic mass is 79.9. The lowest BCUT2D eigenvalue weighted by atomic mass is 9.67. The number of hydrogen-bond acceptors (Lipinski definition) is 1. The molecule has 0 saturated carbocycles. The average molecular weight is 210 g/mol. The molecule has 0 aliphatic heterocycles. The van der Waals surface area contributed by atoms with Gasteiger partial charge in [0, 0.05) is 6.20 Å². The van der Waals surface area contributed by atoms with Crippen LogP contribution in [0.1, 0.15) is 5.56 Å². The molecule has 1 nitrogen and oxygen atoms in total. The molecule has 5 heteroatoms. The van der Waals surface area contributed by atoms with Crippen LogP contribution in [0, 0.1) is 5.95 Å². The summed E-state index contributed by atoms with van der Waals surface area (Å²) < 4.78 is 11.1. The highest BCUT2D eigenvalue weighted by molar-refractivity contribution is 9.10. The van der Waals surface area contributed by atoms with Crippen LogP contribution >= 0.6 is 15.9 Å². The Morgan fingerprint density at radius 2 is 2.09 bits per heavy atom. The van der Waals surface area contributed by atoms with Crippen molar-refractivity contribution in [2.45, 2.75) is 4.12 Å². The highest BCUT2D eigenvalue weighted by Gasteiger charge is 2.14. The summed E-state index contributed by atoms with van der Waals surface area (Å²) in [5.74, 6) is -0.550. The maximum Gasteiger partial charge on any atom is 0.212 e. The second kappa shape index (κ2) is 2.97. The Kier molecular flexibility index (Phi) is 2.37. The maximum absolute atomic E-state index is 12.3. The lowest BCUT2D eigenvalue weighted by Crippen LogP contribution is -2.17. The first-order valence-corrected chi connectivity index (χ1v) is 3.68. The molecule has 0 spiro atoms. The molecule has 52 valence electrons. The molecule has 0 saturated heterocycles. The summed E-state index contributed by atoms with van der Waals surface area (Å²) in [6.45, 7) is 0. The van der Waals surface area contributed by atoms with Crippen molar-refractivity contribution in [1.29, 1.82) is 0 Å². The third-order valence-electron chi connectivity index (χ3n) is 1.17. The summed E-state index contributed by atoms with van der Waals surface area (Å²) in [5.41, 5.74) is 0.527. The van der Waals surface area contributed by atoms with Crippen molar-refractivity contribution in [1.82, 2.24) is 4.98 Å². The Hall–Kier alpha value is -0.310. The molecule has 0 atom stereocenters. The number of halogens is 2. The van der Waals surface area contributed by atoms with E-state index in [2.05, 4.69) is 20.9 Å². The SMILES string of the molecule is [B]C([B])(Br)c1ccc(F)nc1. The van der Waals surface area contributed by atoms with Crippen molar-refractivity contribution in [3.63, 3.8) is 0 Å². The van der Waals surface area contributed by atoms with E-state index in [1.807, 2.05) is 0 Å². The monoisotopic (exact) mass is 209 g/mol. The first-order valence-electron chi connectivity index (χ1n) is 2.89. The third-order valence-corrected chi connectivity index (χ3v) is 1.63. The molecule has 1 heterocycles. The van der Waals surface area contributed by atoms with Crippen molar-refractivity contribution >= 4 is 31.6 Å². The van der Waals surface area contributed by atoms with Gasteiger partial charge >= 0.3 is 0 Å². The molecule has 4 radical (unpaired) electrons. The van der Waals surface area contributed by atoms with E-state index in [-0.39, 0.29) is 0 Å². The van der Waals surface area contributed by atoms with Crippen molar-refractivity contribution in [3.8, 4) is 0 Å². The van der Waals surface area contributed by atoms with E-state index < -0.39 is 10.1 Å². The van der Waals surface area contributed by atoms with Gasteiger partial charge in [-0.25, -0.2) is 4.98 Å². The minimum Gasteiger partial charge on any atom is -0.228 e. The molecule has 0 aliphatic carbocycles. The number of aromatic nitrogens is 1. The number of hydrogen-bond donors (Lipinski definition) is 0. The smallest absolute Gasteiger partial charge is 0.212 e. The summed E-state index contributed by atoms with van der Waals surface area (Å²) in [5, 5.41) is 0. The third kappa shape index (κ3) is 2.33. The summed E-state index contributed by atoms with van der Waals surface area (Å²) in [7, 11) is 10.9. The van der Waals surface area contributed by atoms with E-state index in [1.165, 1.54) is 18.3 Å². The van der Waals surface area contributed by atoms with Crippen LogP contribution in [0.25, 0.3) is 0 Å². The van der Waals surface area contributed by atoms with Gasteiger partial charge in [0.25, 0.3) is 0 Å². The normalized spacial score (nSPS) is 11.5. The van der Waals surface area contributed by atoms with Gasteiger partial charge < -0.3 is 0 Å². The van der Waals surface area contributed by atoms with Gasteiger partial charge in [0.05, 0.1) is 15.7 Å². The van der Waals surface area contributed by atoms with Crippen molar-refractivity contribution in [3.05, 3.63) is 29.8 Å². The second-order valence-corrected chi connectivity index (χ2v) is 3.45. The zero-order chi connectivity index (χ0) is 8.48. The Morgan fingerprint density at radius 3 is 2.45 bits per heavy atom. The molecule has 11 heavy (non-hydrogen) atoms. The van der Waals surface area contributed by atoms with Gasteiger partial charge in [0.2, 0.25) is 5.95 Å². The Morgan fingerprint density at radius 1 is 1.45 bits per heavy atom. The molecule has 0 amide bonds. The first-order chi connectivity index (χ1) is 5.00. The van der Waals surface area contributed by atoms with Gasteiger partial charge in [-0.3, -0.25) is 0 Å². The van der Waals surface area contributed by atoms with Gasteiger partial charge in [0.15, 0.2) is 0 Å². The van der Waals surface area contributed by atoms with Gasteiger partial charge in [-0.15, -0.1) is 15.9 Å². The zero-order valence-electron chi connectivity index (χ0n) is 5.59. The Bertz CT molecular complexity index is 244. The van der Waals surface area contributed by atoms with E-state index in [4.69, 9.17) is 15.7 Å². The average Bonchev–Trinajstić information content (AvgIpc) is 1.86. The minimum atomic E-state index is -1.13. The van der Waals surface area contributed by atoms with E-state index in [9.17, 15) is 4.39 Å². The largest absolute Gasteiger partial charge is 0.228 e. The first kappa shape index (κ1) is 8.78. The lowest BCUT2D eigenvalue weighted by molar-refractivity contribution is 0.582. The molecule has 1 aromatic heterocycles. The van der Waals surface area contributed by atoms with Crippen LogP contribution in [0.15, 0.2) is 18.3 Å². The summed E-state index contributed by atoms with van der Waals surface area (Å²) in [6, 6.07) is 2.67. The van der Waals surface area contributed by atoms with Gasteiger partial charge in [-0.1, -0.05) is 6.07 Å². The predicted octanol–water partition coefficient (Wildman–Crippen LogP) is 1.06. The topological polar surface area (TPSA) is 12.9 Å². The standard InChI is InChI=1S/C6H3B2BrFN/c7-6(8,9)4-1-2-5(10)11-3-4/h1-3H. The van der Waals surface area contributed by atoms with Crippen LogP contribution in [0.5, 0.6) is 0 Å². The quantitative estimate of drug-likeness (QED) is 0.383. The fourth-order valence-corrected chi connectivity index (χ4v) is 0.837. The van der Waals surface area contributed by atoms with Crippen LogP contribution in [0.3, 0.4) is 0 Å². The second-order valence-electron chi connectivity index (χ2n) is 2.14. The molecular weight excluding hydrogens is 207 g/mol. The minimum absolute atomic E-state index is 0.527. The van der Waals surface area contributed by atoms with Crippen LogP contribution in [0.2, 0.25) is 0 Å². The van der Waals surface area contributed by atoms with Crippen molar-refractivity contribution in [2.24, 2.45) is 0 Å². The Labute approximate surface area is 75.4 Å². The number of pyridine rings is 1. The number of nitrogens with zero attached hydrogens (tertiary/aromatic N) is 1. The van der Waals surface area contributed by atoms with Crippen LogP contribution in [-0.2, 0) is 4.12 Å². The molecule has 0 unspecified atom stereocenters. The molecule has 0 aromatic carbocycles. The van der Waals surface area contributed by atoms with E-state index >= 15 is 0 Å². The number of rotatable bonds is 1. The van der Waals surface area contributed by atoms with Crippen LogP contribution < -0.4 is 0 Å². The van der Waals surface area contributed by atoms with Gasteiger partial charge in [-0.05, 0) is 15.8 Å². The molecule has 0 fully saturated rings. The van der Waals surface area contributed by atoms with E-state index in [0.717, 1.165) is 0 Å². The highest BCUT2D eigenvalue weighted by Crippen LogP contribution is 2.22. The lowest BCUT2D eigenvalue weighted by Gasteiger charge is -2.16. The predicted molar refractivity (Wildman–Crippen MR) is 46.3 cm³/mol. The van der Waals surface area contributed by atoms with Gasteiger partial charge in [-0.2, -0.15) is 4.39 Å². The molecule has 1 aromatic rings. The Balaban J connectivity index is 2.99. The van der Waals surface area contributed by atoms with E-state index in [0.29, 0.717) is 5.56 Å². The fourth-order valence-electron chi connectivity index (χ4n) is 0.602. The molecule has 0 N–H and O–H groups in total. The number of alkyl halides is 1.